The van der Waals surface area contributed by atoms with Crippen LogP contribution in [0.5, 0.6) is 0 Å². The van der Waals surface area contributed by atoms with Gasteiger partial charge in [-0.2, -0.15) is 13.2 Å². The predicted molar refractivity (Wildman–Crippen MR) is 93.8 cm³/mol. The number of aromatic amines is 1. The van der Waals surface area contributed by atoms with Crippen LogP contribution in [0.3, 0.4) is 0 Å². The maximum atomic E-state index is 13.6. The lowest BCUT2D eigenvalue weighted by Crippen LogP contribution is -2.29. The number of fused-ring (bicyclic) bond motifs is 3. The van der Waals surface area contributed by atoms with E-state index in [1.807, 2.05) is 0 Å². The molecule has 0 saturated carbocycles. The molecule has 1 unspecified atom stereocenters. The SMILES string of the molecule is O=C(Nc1ccccc1C(F)(F)F)C1CCc2[nH]c3ccc(F)cc3c2C1. The maximum absolute atomic E-state index is 13.6. The number of anilines is 1. The molecule has 0 spiro atoms. The Labute approximate surface area is 152 Å². The number of alkyl halides is 3. The molecule has 1 aliphatic rings. The van der Waals surface area contributed by atoms with Gasteiger partial charge in [0.1, 0.15) is 5.82 Å². The van der Waals surface area contributed by atoms with E-state index in [0.717, 1.165) is 28.2 Å². The van der Waals surface area contributed by atoms with Crippen LogP contribution in [0, 0.1) is 11.7 Å². The third kappa shape index (κ3) is 3.29. The summed E-state index contributed by atoms with van der Waals surface area (Å²) >= 11 is 0. The molecule has 1 heterocycles. The Balaban J connectivity index is 1.59. The van der Waals surface area contributed by atoms with Crippen LogP contribution in [-0.2, 0) is 23.8 Å². The summed E-state index contributed by atoms with van der Waals surface area (Å²) in [6.07, 6.45) is -3.08. The first kappa shape index (κ1) is 17.6. The second-order valence-corrected chi connectivity index (χ2v) is 6.74. The van der Waals surface area contributed by atoms with E-state index >= 15 is 0 Å². The molecule has 3 aromatic rings. The van der Waals surface area contributed by atoms with Gasteiger partial charge in [0.2, 0.25) is 5.91 Å². The van der Waals surface area contributed by atoms with Crippen LogP contribution < -0.4 is 5.32 Å². The number of aryl methyl sites for hydroxylation is 1. The number of nitrogens with one attached hydrogen (secondary N) is 2. The van der Waals surface area contributed by atoms with E-state index in [4.69, 9.17) is 0 Å². The Morgan fingerprint density at radius 1 is 1.15 bits per heavy atom. The Morgan fingerprint density at radius 3 is 2.70 bits per heavy atom. The third-order valence-electron chi connectivity index (χ3n) is 5.01. The Hall–Kier alpha value is -2.83. The van der Waals surface area contributed by atoms with Gasteiger partial charge in [-0.05, 0) is 55.2 Å². The van der Waals surface area contributed by atoms with Gasteiger partial charge in [0.15, 0.2) is 0 Å². The number of amides is 1. The molecule has 1 atom stereocenters. The largest absolute Gasteiger partial charge is 0.418 e. The molecule has 0 aliphatic heterocycles. The van der Waals surface area contributed by atoms with Crippen molar-refractivity contribution in [3.05, 3.63) is 65.1 Å². The summed E-state index contributed by atoms with van der Waals surface area (Å²) in [4.78, 5) is 15.9. The summed E-state index contributed by atoms with van der Waals surface area (Å²) in [5.74, 6) is -1.29. The molecule has 1 aliphatic carbocycles. The van der Waals surface area contributed by atoms with Crippen LogP contribution in [0.2, 0.25) is 0 Å². The molecule has 4 rings (SSSR count). The minimum Gasteiger partial charge on any atom is -0.358 e. The lowest BCUT2D eigenvalue weighted by molar-refractivity contribution is -0.137. The molecule has 0 bridgehead atoms. The van der Waals surface area contributed by atoms with Gasteiger partial charge in [0, 0.05) is 22.5 Å². The van der Waals surface area contributed by atoms with E-state index in [2.05, 4.69) is 10.3 Å². The number of rotatable bonds is 2. The summed E-state index contributed by atoms with van der Waals surface area (Å²) in [6, 6.07) is 9.36. The van der Waals surface area contributed by atoms with Crippen LogP contribution in [0.15, 0.2) is 42.5 Å². The van der Waals surface area contributed by atoms with Crippen LogP contribution in [0.25, 0.3) is 10.9 Å². The van der Waals surface area contributed by atoms with Crippen molar-refractivity contribution in [1.29, 1.82) is 0 Å². The second-order valence-electron chi connectivity index (χ2n) is 6.74. The van der Waals surface area contributed by atoms with Crippen LogP contribution in [-0.4, -0.2) is 10.9 Å². The van der Waals surface area contributed by atoms with Crippen LogP contribution in [0.4, 0.5) is 23.2 Å². The summed E-state index contributed by atoms with van der Waals surface area (Å²) in [6.45, 7) is 0. The molecule has 1 aromatic heterocycles. The molecule has 2 aromatic carbocycles. The Kier molecular flexibility index (Phi) is 4.17. The van der Waals surface area contributed by atoms with E-state index in [0.29, 0.717) is 19.3 Å². The number of hydrogen-bond donors (Lipinski definition) is 2. The quantitative estimate of drug-likeness (QED) is 0.603. The highest BCUT2D eigenvalue weighted by Crippen LogP contribution is 2.36. The highest BCUT2D eigenvalue weighted by molar-refractivity contribution is 5.94. The van der Waals surface area contributed by atoms with E-state index < -0.39 is 23.6 Å². The predicted octanol–water partition coefficient (Wildman–Crippen LogP) is 5.07. The number of aromatic nitrogens is 1. The van der Waals surface area contributed by atoms with E-state index in [9.17, 15) is 22.4 Å². The number of hydrogen-bond acceptors (Lipinski definition) is 1. The highest BCUT2D eigenvalue weighted by Gasteiger charge is 2.34. The zero-order valence-corrected chi connectivity index (χ0v) is 14.2. The number of carbonyl (C=O) groups is 1. The zero-order chi connectivity index (χ0) is 19.2. The van der Waals surface area contributed by atoms with E-state index in [1.165, 1.54) is 30.3 Å². The summed E-state index contributed by atoms with van der Waals surface area (Å²) in [5, 5.41) is 3.15. The normalized spacial score (nSPS) is 17.0. The maximum Gasteiger partial charge on any atom is 0.418 e. The lowest BCUT2D eigenvalue weighted by Gasteiger charge is -2.23. The van der Waals surface area contributed by atoms with Gasteiger partial charge >= 0.3 is 6.18 Å². The lowest BCUT2D eigenvalue weighted by atomic mass is 9.85. The van der Waals surface area contributed by atoms with Gasteiger partial charge in [-0.3, -0.25) is 4.79 Å². The first-order valence-electron chi connectivity index (χ1n) is 8.59. The van der Waals surface area contributed by atoms with Crippen LogP contribution in [0.1, 0.15) is 23.2 Å². The first-order valence-corrected chi connectivity index (χ1v) is 8.59. The van der Waals surface area contributed by atoms with Crippen molar-refractivity contribution >= 4 is 22.5 Å². The van der Waals surface area contributed by atoms with Gasteiger partial charge in [0.05, 0.1) is 11.3 Å². The molecule has 0 saturated heterocycles. The fraction of sp³-hybridized carbons (Fsp3) is 0.250. The first-order chi connectivity index (χ1) is 12.8. The number of halogens is 4. The van der Waals surface area contributed by atoms with Crippen molar-refractivity contribution in [3.8, 4) is 0 Å². The van der Waals surface area contributed by atoms with Gasteiger partial charge in [-0.1, -0.05) is 12.1 Å². The average Bonchev–Trinajstić information content (AvgIpc) is 2.98. The minimum absolute atomic E-state index is 0.245. The summed E-state index contributed by atoms with van der Waals surface area (Å²) < 4.78 is 52.9. The fourth-order valence-electron chi connectivity index (χ4n) is 3.69. The van der Waals surface area contributed by atoms with Crippen molar-refractivity contribution in [2.75, 3.05) is 5.32 Å². The van der Waals surface area contributed by atoms with Crippen LogP contribution >= 0.6 is 0 Å². The third-order valence-corrected chi connectivity index (χ3v) is 5.01. The number of para-hydroxylation sites is 1. The molecule has 0 radical (unpaired) electrons. The molecule has 1 amide bonds. The standard InChI is InChI=1S/C20H16F4N2O/c21-12-6-8-17-14(10-12)13-9-11(5-7-16(13)25-17)19(27)26-18-4-2-1-3-15(18)20(22,23)24/h1-4,6,8,10-11,25H,5,7,9H2,(H,26,27). The molecule has 3 nitrogen and oxygen atoms in total. The summed E-state index contributed by atoms with van der Waals surface area (Å²) in [5.41, 5.74) is 1.50. The Bertz CT molecular complexity index is 1020. The monoisotopic (exact) mass is 376 g/mol. The van der Waals surface area contributed by atoms with Crippen molar-refractivity contribution in [2.24, 2.45) is 5.92 Å². The minimum atomic E-state index is -4.54. The molecule has 2 N–H and O–H groups in total. The number of benzene rings is 2. The topological polar surface area (TPSA) is 44.9 Å². The molecule has 0 fully saturated rings. The van der Waals surface area contributed by atoms with Crippen molar-refractivity contribution in [1.82, 2.24) is 4.98 Å². The van der Waals surface area contributed by atoms with Crippen molar-refractivity contribution in [2.45, 2.75) is 25.4 Å². The molecular formula is C20H16F4N2O. The zero-order valence-electron chi connectivity index (χ0n) is 14.2. The average molecular weight is 376 g/mol. The fourth-order valence-corrected chi connectivity index (χ4v) is 3.69. The number of carbonyl (C=O) groups excluding carboxylic acids is 1. The van der Waals surface area contributed by atoms with Gasteiger partial charge in [-0.15, -0.1) is 0 Å². The van der Waals surface area contributed by atoms with E-state index in [-0.39, 0.29) is 11.5 Å². The molecule has 7 heteroatoms. The molecule has 27 heavy (non-hydrogen) atoms. The van der Waals surface area contributed by atoms with Crippen molar-refractivity contribution < 1.29 is 22.4 Å². The summed E-state index contributed by atoms with van der Waals surface area (Å²) in [7, 11) is 0. The Morgan fingerprint density at radius 2 is 1.93 bits per heavy atom. The molecular weight excluding hydrogens is 360 g/mol. The van der Waals surface area contributed by atoms with Gasteiger partial charge in [-0.25, -0.2) is 4.39 Å². The van der Waals surface area contributed by atoms with Gasteiger partial charge in [0.25, 0.3) is 0 Å². The number of H-pyrrole nitrogens is 1. The highest BCUT2D eigenvalue weighted by atomic mass is 19.4. The second kappa shape index (κ2) is 6.40. The van der Waals surface area contributed by atoms with Gasteiger partial charge < -0.3 is 10.3 Å². The smallest absolute Gasteiger partial charge is 0.358 e. The molecule has 140 valence electrons. The van der Waals surface area contributed by atoms with Crippen molar-refractivity contribution in [3.63, 3.8) is 0 Å². The van der Waals surface area contributed by atoms with E-state index in [1.54, 1.807) is 6.07 Å².